The second-order valence-corrected chi connectivity index (χ2v) is 8.30. The Bertz CT molecular complexity index is 751. The van der Waals surface area contributed by atoms with Gasteiger partial charge < -0.3 is 4.90 Å². The van der Waals surface area contributed by atoms with E-state index < -0.39 is 0 Å². The average molecular weight is 358 g/mol. The fraction of sp³-hybridized carbons (Fsp3) is 0.647. The first-order valence-electron chi connectivity index (χ1n) is 9.12. The van der Waals surface area contributed by atoms with Crippen LogP contribution >= 0.6 is 11.3 Å². The summed E-state index contributed by atoms with van der Waals surface area (Å²) in [6.07, 6.45) is 7.13. The fourth-order valence-electron chi connectivity index (χ4n) is 4.87. The Balaban J connectivity index is 1.21. The van der Waals surface area contributed by atoms with Crippen LogP contribution in [0.4, 0.5) is 0 Å². The lowest BCUT2D eigenvalue weighted by atomic mass is 9.93. The normalized spacial score (nSPS) is 29.4. The molecule has 8 heteroatoms. The molecule has 2 aromatic heterocycles. The number of piperazine rings is 1. The summed E-state index contributed by atoms with van der Waals surface area (Å²) in [6.45, 7) is 3.61. The molecule has 2 saturated carbocycles. The number of rotatable bonds is 3. The number of carbonyl (C=O) groups is 1. The van der Waals surface area contributed by atoms with Gasteiger partial charge in [0.15, 0.2) is 10.8 Å². The van der Waals surface area contributed by atoms with Crippen LogP contribution in [0.3, 0.4) is 0 Å². The monoisotopic (exact) mass is 358 g/mol. The van der Waals surface area contributed by atoms with Gasteiger partial charge in [0, 0.05) is 37.6 Å². The first-order chi connectivity index (χ1) is 12.3. The van der Waals surface area contributed by atoms with E-state index in [1.54, 1.807) is 0 Å². The summed E-state index contributed by atoms with van der Waals surface area (Å²) in [6, 6.07) is 0.772. The van der Waals surface area contributed by atoms with Gasteiger partial charge in [-0.1, -0.05) is 6.42 Å². The highest BCUT2D eigenvalue weighted by Crippen LogP contribution is 2.46. The van der Waals surface area contributed by atoms with Gasteiger partial charge in [-0.2, -0.15) is 5.10 Å². The van der Waals surface area contributed by atoms with Gasteiger partial charge in [-0.3, -0.25) is 14.8 Å². The number of aromatic nitrogens is 4. The van der Waals surface area contributed by atoms with Crippen LogP contribution in [0.1, 0.15) is 36.2 Å². The number of thiazole rings is 1. The Morgan fingerprint density at radius 3 is 2.76 bits per heavy atom. The zero-order chi connectivity index (χ0) is 16.8. The Morgan fingerprint density at radius 2 is 2.08 bits per heavy atom. The van der Waals surface area contributed by atoms with E-state index >= 15 is 0 Å². The first kappa shape index (κ1) is 15.5. The van der Waals surface area contributed by atoms with Crippen LogP contribution in [0.2, 0.25) is 0 Å². The van der Waals surface area contributed by atoms with Gasteiger partial charge in [0.05, 0.1) is 0 Å². The third-order valence-electron chi connectivity index (χ3n) is 6.11. The van der Waals surface area contributed by atoms with Crippen molar-refractivity contribution in [3.8, 4) is 10.8 Å². The summed E-state index contributed by atoms with van der Waals surface area (Å²) in [5.74, 6) is 2.54. The van der Waals surface area contributed by atoms with E-state index in [1.165, 1.54) is 43.3 Å². The van der Waals surface area contributed by atoms with Crippen molar-refractivity contribution in [2.45, 2.75) is 31.7 Å². The highest BCUT2D eigenvalue weighted by molar-refractivity contribution is 7.13. The molecular weight excluding hydrogens is 336 g/mol. The number of carbonyl (C=O) groups excluding carboxylic acids is 1. The molecule has 3 fully saturated rings. The maximum absolute atomic E-state index is 12.7. The molecule has 0 aromatic carbocycles. The second-order valence-electron chi connectivity index (χ2n) is 7.44. The van der Waals surface area contributed by atoms with E-state index in [0.29, 0.717) is 16.5 Å². The summed E-state index contributed by atoms with van der Waals surface area (Å²) >= 11 is 1.43. The molecule has 7 nitrogen and oxygen atoms in total. The molecule has 0 spiro atoms. The molecule has 0 unspecified atom stereocenters. The molecule has 1 saturated heterocycles. The summed E-state index contributed by atoms with van der Waals surface area (Å²) in [4.78, 5) is 25.9. The number of fused-ring (bicyclic) bond motifs is 2. The number of nitrogens with one attached hydrogen (secondary N) is 1. The minimum absolute atomic E-state index is 0.0367. The second kappa shape index (κ2) is 6.17. The molecule has 3 heterocycles. The van der Waals surface area contributed by atoms with Crippen LogP contribution in [0.5, 0.6) is 0 Å². The zero-order valence-corrected chi connectivity index (χ0v) is 14.9. The predicted octanol–water partition coefficient (Wildman–Crippen LogP) is 1.87. The smallest absolute Gasteiger partial charge is 0.273 e. The van der Waals surface area contributed by atoms with Crippen molar-refractivity contribution in [2.75, 3.05) is 26.2 Å². The fourth-order valence-corrected chi connectivity index (χ4v) is 5.60. The summed E-state index contributed by atoms with van der Waals surface area (Å²) < 4.78 is 0. The quantitative estimate of drug-likeness (QED) is 0.906. The van der Waals surface area contributed by atoms with Crippen LogP contribution in [-0.2, 0) is 0 Å². The molecule has 2 aromatic rings. The highest BCUT2D eigenvalue weighted by Gasteiger charge is 2.43. The van der Waals surface area contributed by atoms with Gasteiger partial charge in [0.25, 0.3) is 5.91 Å². The van der Waals surface area contributed by atoms with Crippen LogP contribution in [0.15, 0.2) is 11.7 Å². The highest BCUT2D eigenvalue weighted by atomic mass is 32.1. The summed E-state index contributed by atoms with van der Waals surface area (Å²) in [5, 5.41) is 9.16. The van der Waals surface area contributed by atoms with Gasteiger partial charge in [-0.05, 0) is 31.1 Å². The SMILES string of the molecule is O=C(c1csc(-c2ncn[nH]2)n1)N1CCN([C@@H]2C[C@@H]3CC[C@H]2C3)CC1. The van der Waals surface area contributed by atoms with Gasteiger partial charge in [0.1, 0.15) is 12.0 Å². The molecule has 132 valence electrons. The third kappa shape index (κ3) is 2.77. The van der Waals surface area contributed by atoms with Crippen molar-refractivity contribution in [1.29, 1.82) is 0 Å². The lowest BCUT2D eigenvalue weighted by Crippen LogP contribution is -2.53. The Labute approximate surface area is 150 Å². The van der Waals surface area contributed by atoms with Gasteiger partial charge in [-0.25, -0.2) is 9.97 Å². The number of H-pyrrole nitrogens is 1. The Hall–Kier alpha value is -1.80. The molecule has 1 aliphatic heterocycles. The first-order valence-corrected chi connectivity index (χ1v) is 10.0. The minimum atomic E-state index is 0.0367. The third-order valence-corrected chi connectivity index (χ3v) is 6.96. The number of hydrogen-bond donors (Lipinski definition) is 1. The molecule has 2 aliphatic carbocycles. The van der Waals surface area contributed by atoms with Crippen LogP contribution in [0, 0.1) is 11.8 Å². The molecule has 0 radical (unpaired) electrons. The molecule has 25 heavy (non-hydrogen) atoms. The van der Waals surface area contributed by atoms with E-state index in [4.69, 9.17) is 0 Å². The molecule has 1 N–H and O–H groups in total. The predicted molar refractivity (Wildman–Crippen MR) is 94.2 cm³/mol. The Kier molecular flexibility index (Phi) is 3.82. The maximum Gasteiger partial charge on any atom is 0.273 e. The number of aromatic amines is 1. The van der Waals surface area contributed by atoms with Crippen molar-refractivity contribution in [3.63, 3.8) is 0 Å². The van der Waals surface area contributed by atoms with Crippen molar-refractivity contribution < 1.29 is 4.79 Å². The standard InChI is InChI=1S/C17H22N6OS/c24-17(13-9-25-16(20-13)15-18-10-19-21-15)23-5-3-22(4-6-23)14-8-11-1-2-12(14)7-11/h9-12,14H,1-8H2,(H,18,19,21)/t11-,12+,14-/m1/s1. The molecule has 1 amide bonds. The Morgan fingerprint density at radius 1 is 1.20 bits per heavy atom. The van der Waals surface area contributed by atoms with E-state index in [9.17, 15) is 4.79 Å². The van der Waals surface area contributed by atoms with E-state index in [0.717, 1.165) is 44.1 Å². The molecule has 3 atom stereocenters. The van der Waals surface area contributed by atoms with Crippen molar-refractivity contribution in [3.05, 3.63) is 17.4 Å². The van der Waals surface area contributed by atoms with Crippen LogP contribution < -0.4 is 0 Å². The number of amides is 1. The number of hydrogen-bond acceptors (Lipinski definition) is 6. The zero-order valence-electron chi connectivity index (χ0n) is 14.1. The molecular formula is C17H22N6OS. The van der Waals surface area contributed by atoms with Crippen LogP contribution in [-0.4, -0.2) is 68.1 Å². The van der Waals surface area contributed by atoms with E-state index in [2.05, 4.69) is 25.1 Å². The van der Waals surface area contributed by atoms with Crippen LogP contribution in [0.25, 0.3) is 10.8 Å². The largest absolute Gasteiger partial charge is 0.335 e. The average Bonchev–Trinajstić information content (AvgIpc) is 3.45. The molecule has 5 rings (SSSR count). The lowest BCUT2D eigenvalue weighted by Gasteiger charge is -2.40. The van der Waals surface area contributed by atoms with Gasteiger partial charge in [-0.15, -0.1) is 11.3 Å². The van der Waals surface area contributed by atoms with E-state index in [-0.39, 0.29) is 5.91 Å². The minimum Gasteiger partial charge on any atom is -0.335 e. The van der Waals surface area contributed by atoms with Gasteiger partial charge >= 0.3 is 0 Å². The summed E-state index contributed by atoms with van der Waals surface area (Å²) in [5.41, 5.74) is 0.518. The lowest BCUT2D eigenvalue weighted by molar-refractivity contribution is 0.0492. The van der Waals surface area contributed by atoms with Crippen molar-refractivity contribution in [2.24, 2.45) is 11.8 Å². The molecule has 2 bridgehead atoms. The topological polar surface area (TPSA) is 78.0 Å². The van der Waals surface area contributed by atoms with Gasteiger partial charge in [0.2, 0.25) is 0 Å². The summed E-state index contributed by atoms with van der Waals surface area (Å²) in [7, 11) is 0. The van der Waals surface area contributed by atoms with Crippen molar-refractivity contribution in [1.82, 2.24) is 30.0 Å². The van der Waals surface area contributed by atoms with Crippen molar-refractivity contribution >= 4 is 17.2 Å². The molecule has 3 aliphatic rings. The maximum atomic E-state index is 12.7. The number of nitrogens with zero attached hydrogens (tertiary/aromatic N) is 5. The van der Waals surface area contributed by atoms with E-state index in [1.807, 2.05) is 10.3 Å².